The van der Waals surface area contributed by atoms with E-state index in [2.05, 4.69) is 30.4 Å². The summed E-state index contributed by atoms with van der Waals surface area (Å²) in [6, 6.07) is 12.0. The molecule has 0 saturated carbocycles. The van der Waals surface area contributed by atoms with Gasteiger partial charge in [-0.2, -0.15) is 0 Å². The molecular weight excluding hydrogens is 326 g/mol. The summed E-state index contributed by atoms with van der Waals surface area (Å²) in [5, 5.41) is 2.98. The van der Waals surface area contributed by atoms with E-state index in [0.29, 0.717) is 25.3 Å². The van der Waals surface area contributed by atoms with Crippen LogP contribution in [-0.2, 0) is 17.8 Å². The molecule has 0 fully saturated rings. The Morgan fingerprint density at radius 1 is 1.08 bits per heavy atom. The predicted molar refractivity (Wildman–Crippen MR) is 105 cm³/mol. The van der Waals surface area contributed by atoms with Gasteiger partial charge < -0.3 is 14.8 Å². The number of nitrogens with one attached hydrogen (secondary N) is 1. The van der Waals surface area contributed by atoms with Crippen molar-refractivity contribution < 1.29 is 14.3 Å². The summed E-state index contributed by atoms with van der Waals surface area (Å²) >= 11 is 0. The van der Waals surface area contributed by atoms with Crippen molar-refractivity contribution in [1.29, 1.82) is 0 Å². The van der Waals surface area contributed by atoms with Crippen LogP contribution in [0.1, 0.15) is 42.0 Å². The highest BCUT2D eigenvalue weighted by atomic mass is 16.5. The number of benzene rings is 2. The van der Waals surface area contributed by atoms with Gasteiger partial charge in [-0.25, -0.2) is 0 Å². The average Bonchev–Trinajstić information content (AvgIpc) is 2.64. The fourth-order valence-electron chi connectivity index (χ4n) is 2.69. The van der Waals surface area contributed by atoms with Crippen LogP contribution in [-0.4, -0.2) is 19.6 Å². The molecule has 0 aromatic heterocycles. The number of hydrogen-bond donors (Lipinski definition) is 1. The molecule has 26 heavy (non-hydrogen) atoms. The van der Waals surface area contributed by atoms with Gasteiger partial charge in [0.1, 0.15) is 0 Å². The number of carbonyl (C=O) groups excluding carboxylic acids is 1. The molecule has 0 atom stereocenters. The van der Waals surface area contributed by atoms with Gasteiger partial charge in [-0.15, -0.1) is 0 Å². The summed E-state index contributed by atoms with van der Waals surface area (Å²) in [7, 11) is 1.63. The number of methoxy groups -OCH3 is 1. The topological polar surface area (TPSA) is 47.6 Å². The van der Waals surface area contributed by atoms with Crippen LogP contribution >= 0.6 is 0 Å². The number of unbranched alkanes of at least 4 members (excludes halogenated alkanes) is 1. The van der Waals surface area contributed by atoms with E-state index in [1.165, 1.54) is 5.56 Å². The largest absolute Gasteiger partial charge is 0.493 e. The minimum atomic E-state index is 0.0148. The van der Waals surface area contributed by atoms with Gasteiger partial charge in [0, 0.05) is 6.54 Å². The fraction of sp³-hybridized carbons (Fsp3) is 0.409. The summed E-state index contributed by atoms with van der Waals surface area (Å²) in [6.45, 7) is 7.35. The molecule has 0 heterocycles. The number of hydrogen-bond acceptors (Lipinski definition) is 3. The van der Waals surface area contributed by atoms with Gasteiger partial charge in [0.2, 0.25) is 5.91 Å². The zero-order chi connectivity index (χ0) is 18.9. The Morgan fingerprint density at radius 3 is 2.62 bits per heavy atom. The van der Waals surface area contributed by atoms with Crippen LogP contribution < -0.4 is 14.8 Å². The minimum Gasteiger partial charge on any atom is -0.493 e. The molecule has 140 valence electrons. The van der Waals surface area contributed by atoms with Crippen LogP contribution in [0.3, 0.4) is 0 Å². The van der Waals surface area contributed by atoms with Crippen molar-refractivity contribution in [2.45, 2.75) is 46.6 Å². The maximum absolute atomic E-state index is 12.3. The third-order valence-corrected chi connectivity index (χ3v) is 4.33. The van der Waals surface area contributed by atoms with E-state index in [9.17, 15) is 4.79 Å². The molecule has 0 aliphatic rings. The fourth-order valence-corrected chi connectivity index (χ4v) is 2.69. The number of ether oxygens (including phenoxy) is 2. The van der Waals surface area contributed by atoms with Crippen molar-refractivity contribution in [3.8, 4) is 11.5 Å². The quantitative estimate of drug-likeness (QED) is 0.680. The van der Waals surface area contributed by atoms with E-state index in [0.717, 1.165) is 35.3 Å². The van der Waals surface area contributed by atoms with E-state index in [4.69, 9.17) is 9.47 Å². The van der Waals surface area contributed by atoms with E-state index < -0.39 is 0 Å². The third-order valence-electron chi connectivity index (χ3n) is 4.33. The van der Waals surface area contributed by atoms with Crippen LogP contribution in [0.2, 0.25) is 0 Å². The Labute approximate surface area is 156 Å². The molecule has 0 radical (unpaired) electrons. The molecule has 2 aromatic rings. The molecule has 2 aromatic carbocycles. The lowest BCUT2D eigenvalue weighted by Crippen LogP contribution is -2.24. The standard InChI is InChI=1S/C22H29NO3/c1-5-6-11-26-20-10-9-18(13-21(20)25-4)15-23-22(24)14-19-12-16(2)7-8-17(19)3/h7-10,12-13H,5-6,11,14-15H2,1-4H3,(H,23,24). The lowest BCUT2D eigenvalue weighted by atomic mass is 10.0. The van der Waals surface area contributed by atoms with Gasteiger partial charge in [0.15, 0.2) is 11.5 Å². The molecule has 1 amide bonds. The second kappa shape index (κ2) is 9.85. The van der Waals surface area contributed by atoms with Crippen molar-refractivity contribution in [2.75, 3.05) is 13.7 Å². The molecule has 0 aliphatic heterocycles. The van der Waals surface area contributed by atoms with Gasteiger partial charge in [0.25, 0.3) is 0 Å². The second-order valence-corrected chi connectivity index (χ2v) is 6.57. The monoisotopic (exact) mass is 355 g/mol. The molecule has 0 spiro atoms. The first-order chi connectivity index (χ1) is 12.5. The number of rotatable bonds is 9. The van der Waals surface area contributed by atoms with E-state index in [1.54, 1.807) is 7.11 Å². The first-order valence-corrected chi connectivity index (χ1v) is 9.16. The van der Waals surface area contributed by atoms with E-state index in [-0.39, 0.29) is 5.91 Å². The Kier molecular flexibility index (Phi) is 7.52. The van der Waals surface area contributed by atoms with Gasteiger partial charge in [0.05, 0.1) is 20.1 Å². The third kappa shape index (κ3) is 5.80. The Balaban J connectivity index is 1.93. The summed E-state index contributed by atoms with van der Waals surface area (Å²) in [6.07, 6.45) is 2.50. The zero-order valence-electron chi connectivity index (χ0n) is 16.2. The first-order valence-electron chi connectivity index (χ1n) is 9.16. The van der Waals surface area contributed by atoms with Crippen molar-refractivity contribution >= 4 is 5.91 Å². The van der Waals surface area contributed by atoms with Gasteiger partial charge >= 0.3 is 0 Å². The number of amides is 1. The molecule has 4 nitrogen and oxygen atoms in total. The molecular formula is C22H29NO3. The van der Waals surface area contributed by atoms with Crippen molar-refractivity contribution in [3.05, 3.63) is 58.7 Å². The minimum absolute atomic E-state index is 0.0148. The van der Waals surface area contributed by atoms with Crippen LogP contribution in [0.15, 0.2) is 36.4 Å². The van der Waals surface area contributed by atoms with E-state index >= 15 is 0 Å². The number of aryl methyl sites for hydroxylation is 2. The normalized spacial score (nSPS) is 10.5. The lowest BCUT2D eigenvalue weighted by molar-refractivity contribution is -0.120. The molecule has 4 heteroatoms. The van der Waals surface area contributed by atoms with Gasteiger partial charge in [-0.3, -0.25) is 4.79 Å². The Bertz CT molecular complexity index is 740. The van der Waals surface area contributed by atoms with Gasteiger partial charge in [-0.05, 0) is 49.1 Å². The summed E-state index contributed by atoms with van der Waals surface area (Å²) in [4.78, 5) is 12.3. The first kappa shape index (κ1) is 19.8. The van der Waals surface area contributed by atoms with Crippen molar-refractivity contribution in [2.24, 2.45) is 0 Å². The summed E-state index contributed by atoms with van der Waals surface area (Å²) in [5.41, 5.74) is 4.36. The molecule has 0 bridgehead atoms. The highest BCUT2D eigenvalue weighted by molar-refractivity contribution is 5.79. The van der Waals surface area contributed by atoms with Crippen LogP contribution in [0.25, 0.3) is 0 Å². The summed E-state index contributed by atoms with van der Waals surface area (Å²) < 4.78 is 11.2. The molecule has 0 saturated heterocycles. The molecule has 1 N–H and O–H groups in total. The highest BCUT2D eigenvalue weighted by Crippen LogP contribution is 2.28. The number of carbonyl (C=O) groups is 1. The van der Waals surface area contributed by atoms with E-state index in [1.807, 2.05) is 32.0 Å². The maximum Gasteiger partial charge on any atom is 0.224 e. The molecule has 0 aliphatic carbocycles. The summed E-state index contributed by atoms with van der Waals surface area (Å²) in [5.74, 6) is 1.45. The zero-order valence-corrected chi connectivity index (χ0v) is 16.2. The highest BCUT2D eigenvalue weighted by Gasteiger charge is 2.09. The smallest absolute Gasteiger partial charge is 0.224 e. The second-order valence-electron chi connectivity index (χ2n) is 6.57. The van der Waals surface area contributed by atoms with Crippen LogP contribution in [0.4, 0.5) is 0 Å². The lowest BCUT2D eigenvalue weighted by Gasteiger charge is -2.13. The van der Waals surface area contributed by atoms with Crippen LogP contribution in [0, 0.1) is 13.8 Å². The van der Waals surface area contributed by atoms with Crippen molar-refractivity contribution in [1.82, 2.24) is 5.32 Å². The average molecular weight is 355 g/mol. The SMILES string of the molecule is CCCCOc1ccc(CNC(=O)Cc2cc(C)ccc2C)cc1OC. The Hall–Kier alpha value is -2.49. The Morgan fingerprint density at radius 2 is 1.88 bits per heavy atom. The molecule has 0 unspecified atom stereocenters. The van der Waals surface area contributed by atoms with Crippen molar-refractivity contribution in [3.63, 3.8) is 0 Å². The predicted octanol–water partition coefficient (Wildman–Crippen LogP) is 4.35. The van der Waals surface area contributed by atoms with Crippen LogP contribution in [0.5, 0.6) is 11.5 Å². The maximum atomic E-state index is 12.3. The van der Waals surface area contributed by atoms with Gasteiger partial charge in [-0.1, -0.05) is 43.2 Å². The molecule has 2 rings (SSSR count).